The number of hydrogen-bond donors (Lipinski definition) is 0. The summed E-state index contributed by atoms with van der Waals surface area (Å²) in [6, 6.07) is 21.2. The monoisotopic (exact) mass is 552 g/mol. The summed E-state index contributed by atoms with van der Waals surface area (Å²) in [7, 11) is 0. The fourth-order valence-electron chi connectivity index (χ4n) is 4.06. The molecule has 4 aromatic rings. The van der Waals surface area contributed by atoms with Crippen molar-refractivity contribution in [3.05, 3.63) is 97.0 Å². The molecule has 2 aliphatic carbocycles. The van der Waals surface area contributed by atoms with E-state index >= 15 is 0 Å². The Labute approximate surface area is 224 Å². The Bertz CT molecular complexity index is 1140. The van der Waals surface area contributed by atoms with Crippen LogP contribution in [0.25, 0.3) is 27.1 Å². The largest absolute Gasteiger partial charge is 0.126 e. The first-order chi connectivity index (χ1) is 15.2. The van der Waals surface area contributed by atoms with Crippen molar-refractivity contribution in [2.45, 2.75) is 39.0 Å². The Kier molecular flexibility index (Phi) is 11.7. The van der Waals surface area contributed by atoms with Crippen molar-refractivity contribution in [2.75, 3.05) is 0 Å². The van der Waals surface area contributed by atoms with E-state index in [0.717, 1.165) is 11.1 Å². The van der Waals surface area contributed by atoms with E-state index in [4.69, 9.17) is 4.42 Å². The van der Waals surface area contributed by atoms with Gasteiger partial charge in [0.25, 0.3) is 0 Å². The molecule has 170 valence electrons. The Morgan fingerprint density at radius 3 is 1.94 bits per heavy atom. The van der Waals surface area contributed by atoms with Crippen LogP contribution in [0.4, 0.5) is 0 Å². The maximum Gasteiger partial charge on any atom is -0.0771 e. The van der Waals surface area contributed by atoms with Crippen LogP contribution in [0.1, 0.15) is 44.6 Å². The molecule has 33 heavy (non-hydrogen) atoms. The first-order valence-electron chi connectivity index (χ1n) is 11.1. The molecular formula is C29H28Cl2OZr-2. The zero-order valence-corrected chi connectivity index (χ0v) is 22.8. The number of allylic oxidation sites excluding steroid dienone is 4. The van der Waals surface area contributed by atoms with Crippen LogP contribution >= 0.6 is 0 Å². The number of fused-ring (bicyclic) bond motifs is 3. The van der Waals surface area contributed by atoms with Gasteiger partial charge in [0.15, 0.2) is 0 Å². The maximum absolute atomic E-state index is 4.97. The summed E-state index contributed by atoms with van der Waals surface area (Å²) in [4.78, 5) is 0. The molecule has 0 radical (unpaired) electrons. The van der Waals surface area contributed by atoms with Crippen LogP contribution in [0.2, 0.25) is 0 Å². The zero-order valence-electron chi connectivity index (χ0n) is 18.9. The van der Waals surface area contributed by atoms with E-state index in [9.17, 15) is 0 Å². The van der Waals surface area contributed by atoms with Crippen molar-refractivity contribution in [2.24, 2.45) is 5.92 Å². The SMILES string of the molecule is CC1[C-]=C(c2ccoc2)C=C1.[Cl-].[Cl-].[Zr+2]=[C]1CCCCC1.c1ccc2c(c1)[cH-]c1ccccc12. The molecule has 1 nitrogen and oxygen atoms in total. The summed E-state index contributed by atoms with van der Waals surface area (Å²) in [6.45, 7) is 2.11. The van der Waals surface area contributed by atoms with Crippen molar-refractivity contribution in [1.29, 1.82) is 0 Å². The van der Waals surface area contributed by atoms with Crippen molar-refractivity contribution < 1.29 is 53.5 Å². The van der Waals surface area contributed by atoms with E-state index in [0.29, 0.717) is 5.92 Å². The van der Waals surface area contributed by atoms with E-state index in [2.05, 4.69) is 79.7 Å². The summed E-state index contributed by atoms with van der Waals surface area (Å²) in [5.41, 5.74) is 2.26. The average molecular weight is 555 g/mol. The number of furan rings is 1. The predicted molar refractivity (Wildman–Crippen MR) is 129 cm³/mol. The van der Waals surface area contributed by atoms with Crippen LogP contribution < -0.4 is 24.8 Å². The van der Waals surface area contributed by atoms with Crippen molar-refractivity contribution in [1.82, 2.24) is 0 Å². The summed E-state index contributed by atoms with van der Waals surface area (Å²) < 4.78 is 6.77. The van der Waals surface area contributed by atoms with Gasteiger partial charge >= 0.3 is 59.5 Å². The number of hydrogen-bond acceptors (Lipinski definition) is 1. The fraction of sp³-hybridized carbons (Fsp3) is 0.241. The third-order valence-corrected chi connectivity index (χ3v) is 6.98. The van der Waals surface area contributed by atoms with Gasteiger partial charge in [-0.05, 0) is 0 Å². The smallest absolute Gasteiger partial charge is 0.0771 e. The maximum atomic E-state index is 4.97. The standard InChI is InChI=1S/C13H9.C10H9O.C6H10.2ClH.Zr/c1-3-7-12-10(5-1)9-11-6-2-4-8-13(11)12;1-8-2-3-9(6-8)10-4-5-11-7-10;1-2-4-6-5-3-1;;;/h1-9H;2-5,7-8H,1H3;1-5H2;2*1H;/q2*-1;;;;+2/p-2. The zero-order chi connectivity index (χ0) is 21.5. The molecule has 6 rings (SSSR count). The molecule has 0 saturated heterocycles. The van der Waals surface area contributed by atoms with Gasteiger partial charge in [0.05, 0.1) is 6.26 Å². The van der Waals surface area contributed by atoms with Crippen LogP contribution in [0.15, 0.2) is 89.8 Å². The molecule has 0 spiro atoms. The quantitative estimate of drug-likeness (QED) is 0.329. The molecule has 1 fully saturated rings. The molecule has 1 aromatic heterocycles. The minimum absolute atomic E-state index is 0. The Morgan fingerprint density at radius 2 is 1.48 bits per heavy atom. The second-order valence-electron chi connectivity index (χ2n) is 8.20. The molecule has 1 saturated carbocycles. The van der Waals surface area contributed by atoms with Gasteiger partial charge in [-0.15, -0.1) is 45.8 Å². The molecule has 0 amide bonds. The topological polar surface area (TPSA) is 13.1 Å². The molecule has 4 heteroatoms. The average Bonchev–Trinajstić information content (AvgIpc) is 3.55. The molecule has 1 heterocycles. The van der Waals surface area contributed by atoms with Crippen LogP contribution in [0.5, 0.6) is 0 Å². The van der Waals surface area contributed by atoms with Crippen LogP contribution in [0, 0.1) is 12.0 Å². The fourth-order valence-corrected chi connectivity index (χ4v) is 4.93. The molecular weight excluding hydrogens is 526 g/mol. The van der Waals surface area contributed by atoms with Gasteiger partial charge in [-0.3, -0.25) is 0 Å². The van der Waals surface area contributed by atoms with Crippen LogP contribution in [-0.4, -0.2) is 3.21 Å². The molecule has 1 atom stereocenters. The molecule has 0 bridgehead atoms. The molecule has 0 aliphatic heterocycles. The van der Waals surface area contributed by atoms with Gasteiger partial charge in [-0.2, -0.15) is 17.7 Å². The molecule has 2 aliphatic rings. The number of benzene rings is 2. The van der Waals surface area contributed by atoms with E-state index in [-0.39, 0.29) is 24.8 Å². The van der Waals surface area contributed by atoms with Gasteiger partial charge < -0.3 is 29.2 Å². The van der Waals surface area contributed by atoms with Gasteiger partial charge in [-0.1, -0.05) is 60.9 Å². The van der Waals surface area contributed by atoms with Gasteiger partial charge in [0, 0.05) is 6.26 Å². The van der Waals surface area contributed by atoms with Crippen molar-refractivity contribution in [3.8, 4) is 0 Å². The summed E-state index contributed by atoms with van der Waals surface area (Å²) in [5, 5.41) is 5.39. The Hall–Kier alpha value is -1.60. The minimum Gasteiger partial charge on any atom is -0.126 e. The number of halogens is 2. The minimum atomic E-state index is 0. The molecule has 0 N–H and O–H groups in total. The second-order valence-corrected chi connectivity index (χ2v) is 9.94. The second kappa shape index (κ2) is 14.0. The molecule has 1 unspecified atom stereocenters. The van der Waals surface area contributed by atoms with Crippen molar-refractivity contribution >= 4 is 30.3 Å². The third kappa shape index (κ3) is 7.71. The first kappa shape index (κ1) is 27.6. The summed E-state index contributed by atoms with van der Waals surface area (Å²) in [5.74, 6) is 0.444. The normalized spacial score (nSPS) is 16.6. The molecule has 3 aromatic carbocycles. The van der Waals surface area contributed by atoms with E-state index in [1.54, 1.807) is 40.0 Å². The van der Waals surface area contributed by atoms with Gasteiger partial charge in [-0.25, -0.2) is 0 Å². The van der Waals surface area contributed by atoms with Crippen LogP contribution in [0.3, 0.4) is 0 Å². The third-order valence-electron chi connectivity index (χ3n) is 5.75. The van der Waals surface area contributed by atoms with E-state index in [1.165, 1.54) is 53.6 Å². The van der Waals surface area contributed by atoms with Gasteiger partial charge in [0.2, 0.25) is 0 Å². The first-order valence-corrected chi connectivity index (χ1v) is 12.4. The predicted octanol–water partition coefficient (Wildman–Crippen LogP) is 2.06. The van der Waals surface area contributed by atoms with E-state index in [1.807, 2.05) is 6.07 Å². The number of rotatable bonds is 1. The Balaban J connectivity index is 0.000000177. The Morgan fingerprint density at radius 1 is 0.879 bits per heavy atom. The van der Waals surface area contributed by atoms with Crippen LogP contribution in [-0.2, 0) is 24.2 Å². The van der Waals surface area contributed by atoms with Crippen molar-refractivity contribution in [3.63, 3.8) is 0 Å². The summed E-state index contributed by atoms with van der Waals surface area (Å²) in [6.07, 6.45) is 18.2. The summed E-state index contributed by atoms with van der Waals surface area (Å²) >= 11 is 1.69. The van der Waals surface area contributed by atoms with E-state index < -0.39 is 0 Å². The van der Waals surface area contributed by atoms with Gasteiger partial charge in [0.1, 0.15) is 0 Å².